The molecule has 5 nitrogen and oxygen atoms in total. The highest BCUT2D eigenvalue weighted by atomic mass is 35.5. The Hall–Kier alpha value is -2.34. The monoisotopic (exact) mass is 459 g/mol. The third-order valence-electron chi connectivity index (χ3n) is 5.92. The maximum Gasteiger partial charge on any atom is 0.252 e. The van der Waals surface area contributed by atoms with E-state index in [4.69, 9.17) is 9.40 Å². The molecule has 1 aliphatic carbocycles. The fourth-order valence-corrected chi connectivity index (χ4v) is 4.36. The summed E-state index contributed by atoms with van der Waals surface area (Å²) in [6.45, 7) is 4.89. The zero-order valence-corrected chi connectivity index (χ0v) is 19.0. The molecule has 1 atom stereocenters. The number of furan rings is 1. The summed E-state index contributed by atoms with van der Waals surface area (Å²) in [6.07, 6.45) is 5.53. The number of aromatic nitrogens is 1. The molecule has 2 N–H and O–H groups in total. The molecule has 164 valence electrons. The third kappa shape index (κ3) is 4.64. The van der Waals surface area contributed by atoms with Crippen LogP contribution in [0, 0.1) is 11.8 Å². The summed E-state index contributed by atoms with van der Waals surface area (Å²) >= 11 is 0. The average Bonchev–Trinajstić information content (AvgIpc) is 3.18. The van der Waals surface area contributed by atoms with Crippen molar-refractivity contribution in [3.63, 3.8) is 0 Å². The maximum absolute atomic E-state index is 13.3. The molecule has 1 unspecified atom stereocenters. The minimum atomic E-state index is 0. The lowest BCUT2D eigenvalue weighted by Crippen LogP contribution is -2.48. The number of amides is 1. The topological polar surface area (TPSA) is 67.2 Å². The Morgan fingerprint density at radius 1 is 1.19 bits per heavy atom. The van der Waals surface area contributed by atoms with E-state index in [0.717, 1.165) is 65.0 Å². The molecule has 0 saturated carbocycles. The number of halogens is 2. The van der Waals surface area contributed by atoms with Crippen molar-refractivity contribution in [2.75, 3.05) is 19.6 Å². The molecule has 1 aromatic carbocycles. The molecule has 2 aromatic heterocycles. The van der Waals surface area contributed by atoms with Crippen molar-refractivity contribution in [3.8, 4) is 0 Å². The van der Waals surface area contributed by atoms with Gasteiger partial charge in [-0.15, -0.1) is 24.8 Å². The number of rotatable bonds is 4. The van der Waals surface area contributed by atoms with E-state index in [1.165, 1.54) is 0 Å². The minimum Gasteiger partial charge on any atom is -0.465 e. The van der Waals surface area contributed by atoms with Crippen molar-refractivity contribution >= 4 is 53.3 Å². The molecular weight excluding hydrogens is 433 g/mol. The van der Waals surface area contributed by atoms with Crippen molar-refractivity contribution in [2.24, 2.45) is 11.8 Å². The van der Waals surface area contributed by atoms with Gasteiger partial charge in [0.25, 0.3) is 5.91 Å². The zero-order chi connectivity index (χ0) is 19.8. The smallest absolute Gasteiger partial charge is 0.252 e. The molecule has 1 amide bonds. The van der Waals surface area contributed by atoms with Crippen molar-refractivity contribution < 1.29 is 9.21 Å². The number of hydrogen-bond donors (Lipinski definition) is 2. The van der Waals surface area contributed by atoms with Crippen LogP contribution in [0.2, 0.25) is 0 Å². The second-order valence-corrected chi connectivity index (χ2v) is 8.26. The Labute approximate surface area is 194 Å². The van der Waals surface area contributed by atoms with Gasteiger partial charge in [0.2, 0.25) is 0 Å². The second-order valence-electron chi connectivity index (χ2n) is 8.26. The lowest BCUT2D eigenvalue weighted by molar-refractivity contribution is 0.0942. The van der Waals surface area contributed by atoms with Gasteiger partial charge in [-0.05, 0) is 54.2 Å². The first-order chi connectivity index (χ1) is 14.2. The summed E-state index contributed by atoms with van der Waals surface area (Å²) in [4.78, 5) is 18.3. The van der Waals surface area contributed by atoms with Crippen LogP contribution in [0.1, 0.15) is 40.7 Å². The van der Waals surface area contributed by atoms with Crippen LogP contribution in [-0.2, 0) is 6.42 Å². The van der Waals surface area contributed by atoms with Gasteiger partial charge >= 0.3 is 0 Å². The van der Waals surface area contributed by atoms with Gasteiger partial charge in [0.05, 0.1) is 23.0 Å². The fraction of sp³-hybridized carbons (Fsp3) is 0.333. The van der Waals surface area contributed by atoms with Gasteiger partial charge in [0, 0.05) is 30.9 Å². The van der Waals surface area contributed by atoms with Crippen LogP contribution < -0.4 is 10.6 Å². The number of hydrogen-bond acceptors (Lipinski definition) is 4. The molecule has 5 rings (SSSR count). The number of fused-ring (bicyclic) bond motifs is 2. The number of carbonyl (C=O) groups is 1. The Balaban J connectivity index is 0.00000136. The second kappa shape index (κ2) is 9.86. The van der Waals surface area contributed by atoms with Crippen molar-refractivity contribution in [1.82, 2.24) is 15.6 Å². The Morgan fingerprint density at radius 3 is 2.71 bits per heavy atom. The number of para-hydroxylation sites is 1. The van der Waals surface area contributed by atoms with Crippen molar-refractivity contribution in [2.45, 2.75) is 19.8 Å². The van der Waals surface area contributed by atoms with Crippen LogP contribution in [0.4, 0.5) is 0 Å². The van der Waals surface area contributed by atoms with Gasteiger partial charge in [-0.3, -0.25) is 4.79 Å². The standard InChI is InChI=1S/C24H25N3O2.2ClH/c1-15-9-17(11-18-5-4-8-29-18)23-20(10-15)22(19-6-2-3-7-21(19)27-23)24(28)26-14-16-12-25-13-16;;/h2-8,11,15-16,25H,9-10,12-14H2,1H3,(H,26,28);2*1H/b17-11-;;. The molecule has 0 bridgehead atoms. The van der Waals surface area contributed by atoms with E-state index in [-0.39, 0.29) is 30.7 Å². The molecule has 1 aliphatic heterocycles. The first-order valence-electron chi connectivity index (χ1n) is 10.3. The van der Waals surface area contributed by atoms with Gasteiger partial charge in [-0.25, -0.2) is 4.98 Å². The molecule has 1 fully saturated rings. The molecule has 2 aliphatic rings. The number of allylic oxidation sites excluding steroid dienone is 1. The summed E-state index contributed by atoms with van der Waals surface area (Å²) in [5.41, 5.74) is 4.78. The van der Waals surface area contributed by atoms with E-state index < -0.39 is 0 Å². The predicted octanol–water partition coefficient (Wildman–Crippen LogP) is 4.74. The first-order valence-corrected chi connectivity index (χ1v) is 10.3. The number of benzene rings is 1. The lowest BCUT2D eigenvalue weighted by atomic mass is 9.80. The summed E-state index contributed by atoms with van der Waals surface area (Å²) in [5.74, 6) is 1.79. The Morgan fingerprint density at radius 2 is 2.00 bits per heavy atom. The molecule has 0 spiro atoms. The normalized spacial score (nSPS) is 19.1. The van der Waals surface area contributed by atoms with Gasteiger partial charge in [0.15, 0.2) is 0 Å². The summed E-state index contributed by atoms with van der Waals surface area (Å²) in [5, 5.41) is 7.37. The number of nitrogens with one attached hydrogen (secondary N) is 2. The molecular formula is C24H27Cl2N3O2. The van der Waals surface area contributed by atoms with Crippen LogP contribution in [0.5, 0.6) is 0 Å². The molecule has 3 heterocycles. The molecule has 3 aromatic rings. The number of nitrogens with zero attached hydrogens (tertiary/aromatic N) is 1. The lowest BCUT2D eigenvalue weighted by Gasteiger charge is -2.29. The fourth-order valence-electron chi connectivity index (χ4n) is 4.36. The highest BCUT2D eigenvalue weighted by Crippen LogP contribution is 2.38. The Kier molecular flexibility index (Phi) is 7.42. The quantitative estimate of drug-likeness (QED) is 0.590. The number of carbonyl (C=O) groups excluding carboxylic acids is 1. The van der Waals surface area contributed by atoms with Crippen LogP contribution in [-0.4, -0.2) is 30.5 Å². The highest BCUT2D eigenvalue weighted by molar-refractivity contribution is 6.09. The maximum atomic E-state index is 13.3. The molecule has 1 saturated heterocycles. The third-order valence-corrected chi connectivity index (χ3v) is 5.92. The van der Waals surface area contributed by atoms with Crippen LogP contribution in [0.3, 0.4) is 0 Å². The zero-order valence-electron chi connectivity index (χ0n) is 17.4. The largest absolute Gasteiger partial charge is 0.465 e. The molecule has 31 heavy (non-hydrogen) atoms. The highest BCUT2D eigenvalue weighted by Gasteiger charge is 2.28. The molecule has 7 heteroatoms. The predicted molar refractivity (Wildman–Crippen MR) is 129 cm³/mol. The van der Waals surface area contributed by atoms with E-state index in [1.807, 2.05) is 36.4 Å². The van der Waals surface area contributed by atoms with E-state index >= 15 is 0 Å². The van der Waals surface area contributed by atoms with Crippen LogP contribution in [0.15, 0.2) is 47.1 Å². The van der Waals surface area contributed by atoms with Gasteiger partial charge in [0.1, 0.15) is 5.76 Å². The number of pyridine rings is 1. The van der Waals surface area contributed by atoms with E-state index in [0.29, 0.717) is 18.4 Å². The van der Waals surface area contributed by atoms with Gasteiger partial charge in [-0.2, -0.15) is 0 Å². The van der Waals surface area contributed by atoms with Crippen LogP contribution >= 0.6 is 24.8 Å². The van der Waals surface area contributed by atoms with Crippen molar-refractivity contribution in [1.29, 1.82) is 0 Å². The Bertz CT molecular complexity index is 1090. The summed E-state index contributed by atoms with van der Waals surface area (Å²) in [7, 11) is 0. The summed E-state index contributed by atoms with van der Waals surface area (Å²) < 4.78 is 5.55. The van der Waals surface area contributed by atoms with Crippen LogP contribution in [0.25, 0.3) is 22.6 Å². The van der Waals surface area contributed by atoms with E-state index in [1.54, 1.807) is 6.26 Å². The van der Waals surface area contributed by atoms with E-state index in [9.17, 15) is 4.79 Å². The summed E-state index contributed by atoms with van der Waals surface area (Å²) in [6, 6.07) is 11.8. The average molecular weight is 460 g/mol. The van der Waals surface area contributed by atoms with Gasteiger partial charge < -0.3 is 15.1 Å². The SMILES string of the molecule is CC1C/C(=C/c2ccco2)c2nc3ccccc3c(C(=O)NCC3CNC3)c2C1.Cl.Cl. The minimum absolute atomic E-state index is 0. The van der Waals surface area contributed by atoms with Crippen molar-refractivity contribution in [3.05, 3.63) is 65.2 Å². The molecule has 0 radical (unpaired) electrons. The van der Waals surface area contributed by atoms with Gasteiger partial charge in [-0.1, -0.05) is 25.1 Å². The van der Waals surface area contributed by atoms with E-state index in [2.05, 4.69) is 23.6 Å². The first kappa shape index (κ1) is 23.3.